The Morgan fingerprint density at radius 3 is 2.15 bits per heavy atom. The molecule has 108 valence electrons. The van der Waals surface area contributed by atoms with Gasteiger partial charge in [-0.1, -0.05) is 19.1 Å². The van der Waals surface area contributed by atoms with Crippen LogP contribution in [0.15, 0.2) is 35.0 Å². The summed E-state index contributed by atoms with van der Waals surface area (Å²) in [4.78, 5) is 17.0. The first-order chi connectivity index (χ1) is 9.70. The number of nitrogens with zero attached hydrogens (tertiary/aromatic N) is 1. The van der Waals surface area contributed by atoms with Gasteiger partial charge in [0.2, 0.25) is 5.91 Å². The molecule has 0 spiro atoms. The molecule has 1 N–H and O–H groups in total. The van der Waals surface area contributed by atoms with Crippen LogP contribution in [0.2, 0.25) is 0 Å². The van der Waals surface area contributed by atoms with Gasteiger partial charge >= 0.3 is 0 Å². The van der Waals surface area contributed by atoms with Crippen LogP contribution >= 0.6 is 22.7 Å². The van der Waals surface area contributed by atoms with Crippen molar-refractivity contribution in [2.24, 2.45) is 5.92 Å². The van der Waals surface area contributed by atoms with E-state index in [1.165, 1.54) is 9.75 Å². The van der Waals surface area contributed by atoms with E-state index in [4.69, 9.17) is 0 Å². The summed E-state index contributed by atoms with van der Waals surface area (Å²) in [7, 11) is 1.88. The average Bonchev–Trinajstić information content (AvgIpc) is 3.10. The summed E-state index contributed by atoms with van der Waals surface area (Å²) in [6, 6.07) is 8.24. The monoisotopic (exact) mass is 308 g/mol. The molecular weight excluding hydrogens is 288 g/mol. The maximum Gasteiger partial charge on any atom is 0.227 e. The van der Waals surface area contributed by atoms with Crippen molar-refractivity contribution in [3.8, 4) is 0 Å². The average molecular weight is 308 g/mol. The molecule has 0 aliphatic heterocycles. The van der Waals surface area contributed by atoms with Crippen LogP contribution in [0.25, 0.3) is 0 Å². The normalized spacial score (nSPS) is 12.3. The van der Waals surface area contributed by atoms with Gasteiger partial charge in [0.25, 0.3) is 0 Å². The molecule has 20 heavy (non-hydrogen) atoms. The summed E-state index contributed by atoms with van der Waals surface area (Å²) in [5.41, 5.74) is 0. The summed E-state index contributed by atoms with van der Waals surface area (Å²) in [6.45, 7) is 4.09. The molecule has 2 heterocycles. The molecular formula is C15H20N2OS2. The number of thiophene rings is 2. The van der Waals surface area contributed by atoms with Crippen LogP contribution in [0.3, 0.4) is 0 Å². The Hall–Kier alpha value is -1.17. The summed E-state index contributed by atoms with van der Waals surface area (Å²) in [6.07, 6.45) is 0. The molecule has 0 fully saturated rings. The number of amides is 1. The molecule has 0 saturated carbocycles. The van der Waals surface area contributed by atoms with E-state index in [1.807, 2.05) is 31.0 Å². The first-order valence-corrected chi connectivity index (χ1v) is 8.44. The van der Waals surface area contributed by atoms with Crippen LogP contribution < -0.4 is 5.32 Å². The van der Waals surface area contributed by atoms with Gasteiger partial charge in [-0.25, -0.2) is 0 Å². The Kier molecular flexibility index (Phi) is 5.76. The van der Waals surface area contributed by atoms with Crippen molar-refractivity contribution >= 4 is 28.6 Å². The van der Waals surface area contributed by atoms with Crippen LogP contribution in [-0.2, 0) is 17.9 Å². The van der Waals surface area contributed by atoms with Crippen molar-refractivity contribution in [2.75, 3.05) is 13.6 Å². The van der Waals surface area contributed by atoms with Gasteiger partial charge in [-0.15, -0.1) is 22.7 Å². The molecule has 0 radical (unpaired) electrons. The number of rotatable bonds is 7. The van der Waals surface area contributed by atoms with Gasteiger partial charge in [0.15, 0.2) is 0 Å². The van der Waals surface area contributed by atoms with Gasteiger partial charge in [0.1, 0.15) is 0 Å². The smallest absolute Gasteiger partial charge is 0.227 e. The minimum Gasteiger partial charge on any atom is -0.332 e. The van der Waals surface area contributed by atoms with Crippen molar-refractivity contribution in [1.82, 2.24) is 10.2 Å². The number of hydrogen-bond acceptors (Lipinski definition) is 4. The summed E-state index contributed by atoms with van der Waals surface area (Å²) >= 11 is 3.40. The van der Waals surface area contributed by atoms with Crippen LogP contribution in [0, 0.1) is 5.92 Å². The molecule has 0 saturated heterocycles. The van der Waals surface area contributed by atoms with Crippen molar-refractivity contribution in [3.63, 3.8) is 0 Å². The van der Waals surface area contributed by atoms with Gasteiger partial charge in [-0.2, -0.15) is 0 Å². The lowest BCUT2D eigenvalue weighted by Gasteiger charge is -2.25. The largest absolute Gasteiger partial charge is 0.332 e. The molecule has 1 amide bonds. The number of nitrogens with one attached hydrogen (secondary N) is 1. The van der Waals surface area contributed by atoms with Crippen molar-refractivity contribution in [1.29, 1.82) is 0 Å². The van der Waals surface area contributed by atoms with Crippen molar-refractivity contribution < 1.29 is 4.79 Å². The summed E-state index contributed by atoms with van der Waals surface area (Å²) in [5, 5.41) is 7.19. The lowest BCUT2D eigenvalue weighted by atomic mass is 10.1. The predicted octanol–water partition coefficient (Wildman–Crippen LogP) is 3.19. The van der Waals surface area contributed by atoms with Crippen molar-refractivity contribution in [2.45, 2.75) is 20.0 Å². The van der Waals surface area contributed by atoms with Crippen LogP contribution in [-0.4, -0.2) is 24.4 Å². The van der Waals surface area contributed by atoms with Gasteiger partial charge in [-0.05, 0) is 29.9 Å². The first kappa shape index (κ1) is 15.2. The van der Waals surface area contributed by atoms with E-state index in [0.717, 1.165) is 0 Å². The molecule has 5 heteroatoms. The molecule has 3 nitrogen and oxygen atoms in total. The summed E-state index contributed by atoms with van der Waals surface area (Å²) in [5.74, 6) is 0.209. The Bertz CT molecular complexity index is 472. The third-order valence-electron chi connectivity index (χ3n) is 3.10. The summed E-state index contributed by atoms with van der Waals surface area (Å²) < 4.78 is 0. The standard InChI is InChI=1S/C15H20N2OS2/c1-12(9-16-2)15(18)17(10-13-5-3-7-19-13)11-14-6-4-8-20-14/h3-8,12,16H,9-11H2,1-2H3. The number of carbonyl (C=O) groups is 1. The Labute approximate surface area is 128 Å². The number of carbonyl (C=O) groups excluding carboxylic acids is 1. The van der Waals surface area contributed by atoms with Crippen LogP contribution in [0.4, 0.5) is 0 Å². The minimum absolute atomic E-state index is 0.0000699. The second kappa shape index (κ2) is 7.57. The van der Waals surface area contributed by atoms with E-state index in [-0.39, 0.29) is 11.8 Å². The second-order valence-corrected chi connectivity index (χ2v) is 6.88. The third-order valence-corrected chi connectivity index (χ3v) is 4.82. The Balaban J connectivity index is 2.08. The molecule has 2 rings (SSSR count). The van der Waals surface area contributed by atoms with Crippen molar-refractivity contribution in [3.05, 3.63) is 44.8 Å². The Morgan fingerprint density at radius 1 is 1.20 bits per heavy atom. The van der Waals surface area contributed by atoms with E-state index in [2.05, 4.69) is 28.2 Å². The SMILES string of the molecule is CNCC(C)C(=O)N(Cc1cccs1)Cc1cccs1. The molecule has 0 bridgehead atoms. The lowest BCUT2D eigenvalue weighted by molar-refractivity contribution is -0.136. The highest BCUT2D eigenvalue weighted by Gasteiger charge is 2.21. The van der Waals surface area contributed by atoms with Gasteiger partial charge in [0, 0.05) is 22.2 Å². The fourth-order valence-electron chi connectivity index (χ4n) is 2.10. The third kappa shape index (κ3) is 4.16. The molecule has 1 unspecified atom stereocenters. The zero-order chi connectivity index (χ0) is 14.4. The maximum atomic E-state index is 12.6. The van der Waals surface area contributed by atoms with E-state index in [1.54, 1.807) is 22.7 Å². The lowest BCUT2D eigenvalue weighted by Crippen LogP contribution is -2.37. The molecule has 2 aromatic heterocycles. The number of hydrogen-bond donors (Lipinski definition) is 1. The molecule has 0 aliphatic rings. The maximum absolute atomic E-state index is 12.6. The minimum atomic E-state index is -0.0000699. The highest BCUT2D eigenvalue weighted by molar-refractivity contribution is 7.10. The van der Waals surface area contributed by atoms with Crippen LogP contribution in [0.5, 0.6) is 0 Å². The fraction of sp³-hybridized carbons (Fsp3) is 0.400. The van der Waals surface area contributed by atoms with Gasteiger partial charge < -0.3 is 10.2 Å². The second-order valence-electron chi connectivity index (χ2n) is 4.81. The van der Waals surface area contributed by atoms with Crippen LogP contribution in [0.1, 0.15) is 16.7 Å². The van der Waals surface area contributed by atoms with E-state index < -0.39 is 0 Å². The quantitative estimate of drug-likeness (QED) is 0.852. The first-order valence-electron chi connectivity index (χ1n) is 6.69. The van der Waals surface area contributed by atoms with Gasteiger partial charge in [0.05, 0.1) is 13.1 Å². The molecule has 1 atom stereocenters. The highest BCUT2D eigenvalue weighted by atomic mass is 32.1. The zero-order valence-electron chi connectivity index (χ0n) is 11.8. The van der Waals surface area contributed by atoms with E-state index >= 15 is 0 Å². The topological polar surface area (TPSA) is 32.3 Å². The molecule has 0 aromatic carbocycles. The highest BCUT2D eigenvalue weighted by Crippen LogP contribution is 2.19. The molecule has 2 aromatic rings. The Morgan fingerprint density at radius 2 is 1.75 bits per heavy atom. The van der Waals surface area contributed by atoms with Gasteiger partial charge in [-0.3, -0.25) is 4.79 Å². The van der Waals surface area contributed by atoms with E-state index in [0.29, 0.717) is 19.6 Å². The zero-order valence-corrected chi connectivity index (χ0v) is 13.5. The molecule has 0 aliphatic carbocycles. The fourth-order valence-corrected chi connectivity index (χ4v) is 3.54. The van der Waals surface area contributed by atoms with E-state index in [9.17, 15) is 4.79 Å². The predicted molar refractivity (Wildman–Crippen MR) is 86.0 cm³/mol.